The van der Waals surface area contributed by atoms with Crippen LogP contribution >= 0.6 is 0 Å². The summed E-state index contributed by atoms with van der Waals surface area (Å²) in [5, 5.41) is 1.06. The monoisotopic (exact) mass is 192 g/mol. The van der Waals surface area contributed by atoms with Crippen LogP contribution in [0.25, 0.3) is 10.9 Å². The Hall–Kier alpha value is -1.52. The highest BCUT2D eigenvalue weighted by atomic mass is 16.6. The average molecular weight is 192 g/mol. The Labute approximate surface area is 81.6 Å². The molecule has 0 bridgehead atoms. The highest BCUT2D eigenvalue weighted by Crippen LogP contribution is 2.26. The fourth-order valence-corrected chi connectivity index (χ4v) is 1.54. The molecule has 0 radical (unpaired) electrons. The van der Waals surface area contributed by atoms with Crippen molar-refractivity contribution < 1.29 is 9.57 Å². The third-order valence-electron chi connectivity index (χ3n) is 2.16. The highest BCUT2D eigenvalue weighted by Gasteiger charge is 2.04. The number of hydrogen-bond donors (Lipinski definition) is 2. The van der Waals surface area contributed by atoms with Gasteiger partial charge in [-0.15, -0.1) is 0 Å². The summed E-state index contributed by atoms with van der Waals surface area (Å²) in [6.45, 7) is 0.380. The maximum absolute atomic E-state index is 5.26. The van der Waals surface area contributed by atoms with Gasteiger partial charge in [-0.2, -0.15) is 0 Å². The topological polar surface area (TPSA) is 60.3 Å². The Balaban J connectivity index is 2.55. The van der Waals surface area contributed by atoms with Crippen LogP contribution in [0.1, 0.15) is 5.56 Å². The Bertz CT molecular complexity index is 437. The third kappa shape index (κ3) is 1.45. The molecule has 0 saturated heterocycles. The van der Waals surface area contributed by atoms with E-state index in [2.05, 4.69) is 9.82 Å². The zero-order valence-electron chi connectivity index (χ0n) is 7.91. The molecular weight excluding hydrogens is 180 g/mol. The van der Waals surface area contributed by atoms with Crippen LogP contribution in [-0.2, 0) is 11.4 Å². The number of aromatic nitrogens is 1. The molecule has 1 aromatic heterocycles. The van der Waals surface area contributed by atoms with E-state index in [4.69, 9.17) is 10.6 Å². The predicted octanol–water partition coefficient (Wildman–Crippen LogP) is 1.57. The normalized spacial score (nSPS) is 10.7. The minimum Gasteiger partial charge on any atom is -0.496 e. The van der Waals surface area contributed by atoms with Gasteiger partial charge in [0.1, 0.15) is 5.75 Å². The van der Waals surface area contributed by atoms with Crippen LogP contribution in [0.3, 0.4) is 0 Å². The van der Waals surface area contributed by atoms with Gasteiger partial charge in [0, 0.05) is 17.1 Å². The molecule has 1 aromatic carbocycles. The van der Waals surface area contributed by atoms with Crippen molar-refractivity contribution in [3.8, 4) is 5.75 Å². The van der Waals surface area contributed by atoms with E-state index in [0.29, 0.717) is 6.61 Å². The molecule has 2 rings (SSSR count). The third-order valence-corrected chi connectivity index (χ3v) is 2.16. The first-order valence-corrected chi connectivity index (χ1v) is 4.31. The molecule has 3 N–H and O–H groups in total. The van der Waals surface area contributed by atoms with E-state index in [9.17, 15) is 0 Å². The van der Waals surface area contributed by atoms with Crippen molar-refractivity contribution in [3.63, 3.8) is 0 Å². The number of methoxy groups -OCH3 is 1. The zero-order chi connectivity index (χ0) is 9.97. The second-order valence-electron chi connectivity index (χ2n) is 3.05. The molecule has 4 heteroatoms. The molecule has 0 amide bonds. The largest absolute Gasteiger partial charge is 0.496 e. The summed E-state index contributed by atoms with van der Waals surface area (Å²) in [4.78, 5) is 7.70. The minimum absolute atomic E-state index is 0.380. The van der Waals surface area contributed by atoms with Gasteiger partial charge < -0.3 is 9.72 Å². The maximum Gasteiger partial charge on any atom is 0.128 e. The molecule has 14 heavy (non-hydrogen) atoms. The first kappa shape index (κ1) is 9.05. The average Bonchev–Trinajstić information content (AvgIpc) is 2.65. The van der Waals surface area contributed by atoms with Gasteiger partial charge in [0.15, 0.2) is 0 Å². The fraction of sp³-hybridized carbons (Fsp3) is 0.200. The molecule has 0 aliphatic rings. The van der Waals surface area contributed by atoms with E-state index in [-0.39, 0.29) is 0 Å². The molecule has 0 saturated carbocycles. The minimum atomic E-state index is 0.380. The van der Waals surface area contributed by atoms with Gasteiger partial charge in [0.05, 0.1) is 13.7 Å². The van der Waals surface area contributed by atoms with Gasteiger partial charge in [-0.1, -0.05) is 0 Å². The lowest BCUT2D eigenvalue weighted by Crippen LogP contribution is -1.99. The summed E-state index contributed by atoms with van der Waals surface area (Å²) in [7, 11) is 1.65. The predicted molar refractivity (Wildman–Crippen MR) is 53.8 cm³/mol. The summed E-state index contributed by atoms with van der Waals surface area (Å²) in [6, 6.07) is 5.88. The molecule has 0 spiro atoms. The lowest BCUT2D eigenvalue weighted by Gasteiger charge is -2.05. The number of rotatable bonds is 3. The lowest BCUT2D eigenvalue weighted by atomic mass is 10.1. The second kappa shape index (κ2) is 3.69. The molecule has 74 valence electrons. The second-order valence-corrected chi connectivity index (χ2v) is 3.05. The molecule has 4 nitrogen and oxygen atoms in total. The van der Waals surface area contributed by atoms with Crippen molar-refractivity contribution in [3.05, 3.63) is 30.0 Å². The maximum atomic E-state index is 5.26. The van der Waals surface area contributed by atoms with Crippen LogP contribution in [0.15, 0.2) is 24.4 Å². The number of hydrogen-bond acceptors (Lipinski definition) is 3. The van der Waals surface area contributed by atoms with E-state index in [1.165, 1.54) is 0 Å². The number of benzene rings is 1. The first-order valence-electron chi connectivity index (χ1n) is 4.31. The number of fused-ring (bicyclic) bond motifs is 1. The van der Waals surface area contributed by atoms with Crippen molar-refractivity contribution in [2.45, 2.75) is 6.61 Å². The van der Waals surface area contributed by atoms with Crippen molar-refractivity contribution in [2.75, 3.05) is 7.11 Å². The highest BCUT2D eigenvalue weighted by molar-refractivity contribution is 5.86. The van der Waals surface area contributed by atoms with Crippen molar-refractivity contribution in [2.24, 2.45) is 5.90 Å². The van der Waals surface area contributed by atoms with E-state index in [0.717, 1.165) is 22.2 Å². The molecule has 0 fully saturated rings. The molecule has 0 atom stereocenters. The molecule has 0 aliphatic heterocycles. The van der Waals surface area contributed by atoms with Gasteiger partial charge in [-0.05, 0) is 23.8 Å². The SMILES string of the molecule is COc1cc(CON)cc2[nH]ccc12. The van der Waals surface area contributed by atoms with E-state index < -0.39 is 0 Å². The summed E-state index contributed by atoms with van der Waals surface area (Å²) in [5.74, 6) is 5.85. The Kier molecular flexibility index (Phi) is 2.39. The quantitative estimate of drug-likeness (QED) is 0.725. The van der Waals surface area contributed by atoms with Gasteiger partial charge >= 0.3 is 0 Å². The molecular formula is C10H12N2O2. The standard InChI is InChI=1S/C10H12N2O2/c1-13-10-5-7(6-14-11)4-9-8(10)2-3-12-9/h2-5,12H,6,11H2,1H3. The Morgan fingerprint density at radius 1 is 1.43 bits per heavy atom. The van der Waals surface area contributed by atoms with E-state index in [1.807, 2.05) is 24.4 Å². The van der Waals surface area contributed by atoms with Crippen LogP contribution in [0.2, 0.25) is 0 Å². The molecule has 0 aliphatic carbocycles. The van der Waals surface area contributed by atoms with Gasteiger partial charge in [-0.3, -0.25) is 4.84 Å². The van der Waals surface area contributed by atoms with Gasteiger partial charge in [0.2, 0.25) is 0 Å². The van der Waals surface area contributed by atoms with Crippen LogP contribution < -0.4 is 10.6 Å². The lowest BCUT2D eigenvalue weighted by molar-refractivity contribution is 0.124. The number of nitrogens with two attached hydrogens (primary N) is 1. The van der Waals surface area contributed by atoms with Crippen molar-refractivity contribution in [1.29, 1.82) is 0 Å². The van der Waals surface area contributed by atoms with Crippen LogP contribution in [0, 0.1) is 0 Å². The van der Waals surface area contributed by atoms with Crippen LogP contribution in [-0.4, -0.2) is 12.1 Å². The molecule has 0 unspecified atom stereocenters. The van der Waals surface area contributed by atoms with Crippen LogP contribution in [0.4, 0.5) is 0 Å². The Morgan fingerprint density at radius 2 is 2.29 bits per heavy atom. The molecule has 2 aromatic rings. The number of nitrogens with one attached hydrogen (secondary N) is 1. The Morgan fingerprint density at radius 3 is 3.00 bits per heavy atom. The smallest absolute Gasteiger partial charge is 0.128 e. The first-order chi connectivity index (χ1) is 6.85. The number of aromatic amines is 1. The molecule has 1 heterocycles. The van der Waals surface area contributed by atoms with Gasteiger partial charge in [-0.25, -0.2) is 5.90 Å². The van der Waals surface area contributed by atoms with Gasteiger partial charge in [0.25, 0.3) is 0 Å². The van der Waals surface area contributed by atoms with Crippen molar-refractivity contribution >= 4 is 10.9 Å². The number of H-pyrrole nitrogens is 1. The number of ether oxygens (including phenoxy) is 1. The van der Waals surface area contributed by atoms with Crippen molar-refractivity contribution in [1.82, 2.24) is 4.98 Å². The summed E-state index contributed by atoms with van der Waals surface area (Å²) >= 11 is 0. The van der Waals surface area contributed by atoms with E-state index >= 15 is 0 Å². The van der Waals surface area contributed by atoms with E-state index in [1.54, 1.807) is 7.11 Å². The fourth-order valence-electron chi connectivity index (χ4n) is 1.54. The zero-order valence-corrected chi connectivity index (χ0v) is 7.91. The summed E-state index contributed by atoms with van der Waals surface area (Å²) in [6.07, 6.45) is 1.88. The summed E-state index contributed by atoms with van der Waals surface area (Å²) < 4.78 is 5.26. The summed E-state index contributed by atoms with van der Waals surface area (Å²) in [5.41, 5.74) is 2.01. The van der Waals surface area contributed by atoms with Crippen LogP contribution in [0.5, 0.6) is 5.75 Å².